The molecule has 4 heterocycles. The predicted molar refractivity (Wildman–Crippen MR) is 183 cm³/mol. The first-order valence-electron chi connectivity index (χ1n) is 18.4. The summed E-state index contributed by atoms with van der Waals surface area (Å²) in [5, 5.41) is 45.9. The molecule has 17 heteroatoms. The normalized spacial score (nSPS) is 49.2. The van der Waals surface area contributed by atoms with Gasteiger partial charge in [0.1, 0.15) is 24.4 Å². The van der Waals surface area contributed by atoms with Crippen LogP contribution < -0.4 is 0 Å². The minimum atomic E-state index is -2.18. The van der Waals surface area contributed by atoms with Crippen LogP contribution in [0.5, 0.6) is 0 Å². The van der Waals surface area contributed by atoms with Gasteiger partial charge in [0.15, 0.2) is 12.6 Å². The van der Waals surface area contributed by atoms with Crippen LogP contribution in [-0.2, 0) is 52.2 Å². The molecule has 18 atom stereocenters. The first-order valence-corrected chi connectivity index (χ1v) is 18.4. The summed E-state index contributed by atoms with van der Waals surface area (Å²) in [6.07, 6.45) is -13.2. The van der Waals surface area contributed by atoms with E-state index in [0.717, 1.165) is 0 Å². The molecule has 0 aromatic heterocycles. The maximum Gasteiger partial charge on any atom is 0.512 e. The quantitative estimate of drug-likeness (QED) is 0.221. The summed E-state index contributed by atoms with van der Waals surface area (Å²) in [6, 6.07) is -0.361. The van der Waals surface area contributed by atoms with Crippen molar-refractivity contribution in [3.8, 4) is 0 Å². The van der Waals surface area contributed by atoms with Crippen molar-refractivity contribution in [1.82, 2.24) is 4.90 Å². The largest absolute Gasteiger partial charge is 0.512 e. The van der Waals surface area contributed by atoms with Crippen molar-refractivity contribution in [3.63, 3.8) is 0 Å². The van der Waals surface area contributed by atoms with E-state index in [1.54, 1.807) is 27.7 Å². The first-order chi connectivity index (χ1) is 24.4. The minimum absolute atomic E-state index is 0.0384. The molecule has 4 fully saturated rings. The summed E-state index contributed by atoms with van der Waals surface area (Å²) < 4.78 is 53.0. The van der Waals surface area contributed by atoms with Gasteiger partial charge >= 0.3 is 18.1 Å². The highest BCUT2D eigenvalue weighted by Gasteiger charge is 2.58. The average molecular weight is 764 g/mol. The topological polar surface area (TPSA) is 218 Å². The van der Waals surface area contributed by atoms with Crippen LogP contribution in [0.15, 0.2) is 0 Å². The van der Waals surface area contributed by atoms with Crippen LogP contribution in [0.1, 0.15) is 81.6 Å². The molecule has 4 aliphatic rings. The second kappa shape index (κ2) is 16.5. The van der Waals surface area contributed by atoms with Crippen LogP contribution >= 0.6 is 0 Å². The number of nitrogens with zero attached hydrogens (tertiary/aromatic N) is 1. The molecule has 4 saturated heterocycles. The third-order valence-electron chi connectivity index (χ3n) is 11.4. The number of hydrogen-bond donors (Lipinski definition) is 4. The van der Waals surface area contributed by atoms with Crippen molar-refractivity contribution in [2.45, 2.75) is 172 Å². The number of methoxy groups -OCH3 is 1. The zero-order valence-corrected chi connectivity index (χ0v) is 32.9. The molecule has 0 aromatic carbocycles. The maximum atomic E-state index is 14.2. The van der Waals surface area contributed by atoms with Gasteiger partial charge in [-0.1, -0.05) is 6.92 Å². The highest BCUT2D eigenvalue weighted by Crippen LogP contribution is 2.41. The zero-order valence-electron chi connectivity index (χ0n) is 32.9. The molecule has 4 rings (SSSR count). The lowest BCUT2D eigenvalue weighted by atomic mass is 9.79. The van der Waals surface area contributed by atoms with Crippen LogP contribution in [0.25, 0.3) is 0 Å². The summed E-state index contributed by atoms with van der Waals surface area (Å²) in [7, 11) is 5.10. The van der Waals surface area contributed by atoms with Gasteiger partial charge < -0.3 is 68.0 Å². The average Bonchev–Trinajstić information content (AvgIpc) is 3.36. The number of aliphatic hydroxyl groups is 4. The molecule has 17 nitrogen and oxygen atoms in total. The molecule has 0 radical (unpaired) electrons. The highest BCUT2D eigenvalue weighted by atomic mass is 16.9. The third kappa shape index (κ3) is 9.27. The zero-order chi connectivity index (χ0) is 40.0. The Balaban J connectivity index is 1.83. The van der Waals surface area contributed by atoms with Crippen molar-refractivity contribution < 1.29 is 77.4 Å². The molecular weight excluding hydrogens is 702 g/mol. The number of likely N-dealkylation sites (N-methyl/N-ethyl adjacent to an activating group) is 1. The van der Waals surface area contributed by atoms with E-state index < -0.39 is 114 Å². The maximum absolute atomic E-state index is 14.2. The van der Waals surface area contributed by atoms with Crippen molar-refractivity contribution in [2.24, 2.45) is 17.8 Å². The second-order valence-corrected chi connectivity index (χ2v) is 16.2. The van der Waals surface area contributed by atoms with Crippen LogP contribution in [0.4, 0.5) is 4.79 Å². The van der Waals surface area contributed by atoms with Crippen LogP contribution in [0.2, 0.25) is 0 Å². The van der Waals surface area contributed by atoms with E-state index in [9.17, 15) is 34.8 Å². The SMILES string of the molecule is CO[C@]1(C)C[C@H](O[C@H]2[C@H](C)[C@@H](O[C@@H]3O[C@H](C)C[C@H](N(C)C)[C@H]3O)[C@](C)(O)C[C@@H](C)OC(=O)[C@H](C)[C@@H](O)[C@H]3OC(=O)O[C@]3(C)OC(=O)[C@@H]2C)O[C@@H](C)[C@@H]1O. The number of fused-ring (bicyclic) bond motifs is 1. The number of carbonyl (C=O) groups is 3. The van der Waals surface area contributed by atoms with Crippen molar-refractivity contribution in [2.75, 3.05) is 21.2 Å². The number of aliphatic hydroxyl groups excluding tert-OH is 3. The molecule has 4 N–H and O–H groups in total. The smallest absolute Gasteiger partial charge is 0.462 e. The molecular formula is C36H61NO16. The van der Waals surface area contributed by atoms with Gasteiger partial charge in [0.2, 0.25) is 6.10 Å². The van der Waals surface area contributed by atoms with Gasteiger partial charge in [0.25, 0.3) is 5.79 Å². The molecule has 0 amide bonds. The van der Waals surface area contributed by atoms with Crippen LogP contribution in [-0.4, -0.2) is 155 Å². The van der Waals surface area contributed by atoms with Crippen molar-refractivity contribution >= 4 is 18.1 Å². The van der Waals surface area contributed by atoms with Crippen molar-refractivity contribution in [3.05, 3.63) is 0 Å². The van der Waals surface area contributed by atoms with E-state index in [1.807, 2.05) is 25.9 Å². The fourth-order valence-electron chi connectivity index (χ4n) is 8.07. The Morgan fingerprint density at radius 2 is 1.43 bits per heavy atom. The standard InChI is InChI=1S/C36H61NO16/c1-16-13-22(37(10)11)25(39)32(47-16)50-28-19(4)26(49-23-15-35(8,45-12)27(40)21(6)48-23)20(5)31(42)52-36(9)29(51-33(43)53-36)24(38)18(3)30(41)46-17(2)14-34(28,7)44/h16-29,32,38-40,44H,13-15H2,1-12H3/t16-,17-,18-,19+,20-,21+,22+,23+,24-,25-,26+,27+,28-,29-,32+,34-,35-,36+/m1/s1. The van der Waals surface area contributed by atoms with E-state index in [-0.39, 0.29) is 25.0 Å². The molecule has 0 aliphatic carbocycles. The fraction of sp³-hybridized carbons (Fsp3) is 0.917. The van der Waals surface area contributed by atoms with E-state index in [1.165, 1.54) is 34.8 Å². The Hall–Kier alpha value is -2.19. The highest BCUT2D eigenvalue weighted by molar-refractivity contribution is 5.75. The molecule has 0 spiro atoms. The summed E-state index contributed by atoms with van der Waals surface area (Å²) >= 11 is 0. The number of esters is 2. The number of ether oxygens (including phenoxy) is 9. The van der Waals surface area contributed by atoms with Gasteiger partial charge in [-0.25, -0.2) is 4.79 Å². The summed E-state index contributed by atoms with van der Waals surface area (Å²) in [4.78, 5) is 41.8. The Kier molecular flexibility index (Phi) is 13.6. The van der Waals surface area contributed by atoms with E-state index in [4.69, 9.17) is 42.6 Å². The Bertz CT molecular complexity index is 1300. The summed E-state index contributed by atoms with van der Waals surface area (Å²) in [6.45, 7) is 14.0. The third-order valence-corrected chi connectivity index (χ3v) is 11.4. The monoisotopic (exact) mass is 763 g/mol. The molecule has 0 saturated carbocycles. The number of rotatable bonds is 6. The van der Waals surface area contributed by atoms with E-state index in [0.29, 0.717) is 6.42 Å². The fourth-order valence-corrected chi connectivity index (χ4v) is 8.07. The predicted octanol–water partition coefficient (Wildman–Crippen LogP) is 1.23. The number of carbonyl (C=O) groups excluding carboxylic acids is 3. The van der Waals surface area contributed by atoms with E-state index in [2.05, 4.69) is 0 Å². The molecule has 0 bridgehead atoms. The first kappa shape index (κ1) is 43.5. The number of cyclic esters (lactones) is 1. The molecule has 0 aromatic rings. The second-order valence-electron chi connectivity index (χ2n) is 16.2. The molecule has 0 unspecified atom stereocenters. The summed E-state index contributed by atoms with van der Waals surface area (Å²) in [5.41, 5.74) is -2.95. The van der Waals surface area contributed by atoms with Crippen LogP contribution in [0.3, 0.4) is 0 Å². The Morgan fingerprint density at radius 3 is 2.04 bits per heavy atom. The minimum Gasteiger partial charge on any atom is -0.462 e. The van der Waals surface area contributed by atoms with Crippen LogP contribution in [0, 0.1) is 17.8 Å². The molecule has 4 aliphatic heterocycles. The lowest BCUT2D eigenvalue weighted by Gasteiger charge is -2.48. The van der Waals surface area contributed by atoms with Gasteiger partial charge in [-0.05, 0) is 69.0 Å². The van der Waals surface area contributed by atoms with Gasteiger partial charge in [0.05, 0.1) is 47.5 Å². The van der Waals surface area contributed by atoms with Gasteiger partial charge in [-0.2, -0.15) is 0 Å². The molecule has 306 valence electrons. The molecule has 53 heavy (non-hydrogen) atoms. The van der Waals surface area contributed by atoms with Gasteiger partial charge in [-0.15, -0.1) is 0 Å². The Morgan fingerprint density at radius 1 is 0.792 bits per heavy atom. The lowest BCUT2D eigenvalue weighted by Crippen LogP contribution is -2.60. The van der Waals surface area contributed by atoms with Gasteiger partial charge in [0, 0.05) is 38.8 Å². The lowest BCUT2D eigenvalue weighted by molar-refractivity contribution is -0.318. The van der Waals surface area contributed by atoms with E-state index >= 15 is 0 Å². The number of hydrogen-bond acceptors (Lipinski definition) is 17. The Labute approximate surface area is 311 Å². The van der Waals surface area contributed by atoms with Crippen molar-refractivity contribution in [1.29, 1.82) is 0 Å². The summed E-state index contributed by atoms with van der Waals surface area (Å²) in [5.74, 6) is -7.47. The van der Waals surface area contributed by atoms with Gasteiger partial charge in [-0.3, -0.25) is 9.59 Å².